The van der Waals surface area contributed by atoms with Crippen molar-refractivity contribution in [1.29, 1.82) is 0 Å². The quantitative estimate of drug-likeness (QED) is 0.725. The zero-order valence-electron chi connectivity index (χ0n) is 10.4. The van der Waals surface area contributed by atoms with E-state index in [2.05, 4.69) is 26.6 Å². The lowest BCUT2D eigenvalue weighted by Crippen LogP contribution is -2.31. The lowest BCUT2D eigenvalue weighted by molar-refractivity contribution is -0.119. The second-order valence-corrected chi connectivity index (χ2v) is 5.52. The molecule has 0 aliphatic rings. The number of carbonyl (C=O) groups excluding carboxylic acids is 1. The van der Waals surface area contributed by atoms with Crippen LogP contribution in [-0.4, -0.2) is 32.7 Å². The Kier molecular flexibility index (Phi) is 7.53. The molecule has 1 amide bonds. The Morgan fingerprint density at radius 1 is 1.37 bits per heavy atom. The molecule has 2 N–H and O–H groups in total. The van der Waals surface area contributed by atoms with Gasteiger partial charge in [0.15, 0.2) is 0 Å². The normalized spacial score (nSPS) is 10.3. The largest absolute Gasteiger partial charge is 0.385 e. The van der Waals surface area contributed by atoms with Gasteiger partial charge in [0.1, 0.15) is 0 Å². The number of anilines is 1. The molecule has 0 spiro atoms. The number of ether oxygens (including phenoxy) is 1. The summed E-state index contributed by atoms with van der Waals surface area (Å²) in [7, 11) is 1.63. The summed E-state index contributed by atoms with van der Waals surface area (Å²) >= 11 is 15.4. The topological polar surface area (TPSA) is 50.4 Å². The molecule has 19 heavy (non-hydrogen) atoms. The first-order chi connectivity index (χ1) is 9.04. The minimum absolute atomic E-state index is 0.119. The summed E-state index contributed by atoms with van der Waals surface area (Å²) < 4.78 is 5.68. The number of nitrogens with one attached hydrogen (secondary N) is 2. The summed E-state index contributed by atoms with van der Waals surface area (Å²) in [6.45, 7) is 1.32. The van der Waals surface area contributed by atoms with Gasteiger partial charge in [-0.2, -0.15) is 0 Å². The van der Waals surface area contributed by atoms with Crippen LogP contribution in [0.1, 0.15) is 6.42 Å². The molecule has 0 aliphatic carbocycles. The van der Waals surface area contributed by atoms with E-state index in [0.717, 1.165) is 10.9 Å². The Labute approximate surface area is 130 Å². The molecular formula is C12H15BrCl2N2O2. The Balaban J connectivity index is 2.42. The minimum atomic E-state index is -0.119. The summed E-state index contributed by atoms with van der Waals surface area (Å²) in [4.78, 5) is 11.6. The van der Waals surface area contributed by atoms with E-state index in [-0.39, 0.29) is 12.5 Å². The molecule has 0 heterocycles. The first-order valence-corrected chi connectivity index (χ1v) is 7.23. The summed E-state index contributed by atoms with van der Waals surface area (Å²) in [6, 6.07) is 3.43. The number of halogens is 3. The van der Waals surface area contributed by atoms with Crippen LogP contribution < -0.4 is 10.6 Å². The number of hydrogen-bond acceptors (Lipinski definition) is 3. The van der Waals surface area contributed by atoms with E-state index in [4.69, 9.17) is 27.9 Å². The maximum absolute atomic E-state index is 11.6. The van der Waals surface area contributed by atoms with Crippen LogP contribution >= 0.6 is 39.1 Å². The first kappa shape index (κ1) is 16.6. The number of amides is 1. The lowest BCUT2D eigenvalue weighted by atomic mass is 10.3. The van der Waals surface area contributed by atoms with E-state index in [1.807, 2.05) is 0 Å². The van der Waals surface area contributed by atoms with E-state index in [0.29, 0.717) is 28.9 Å². The van der Waals surface area contributed by atoms with Gasteiger partial charge in [0, 0.05) is 24.7 Å². The van der Waals surface area contributed by atoms with Gasteiger partial charge in [0.05, 0.1) is 22.3 Å². The predicted molar refractivity (Wildman–Crippen MR) is 82.2 cm³/mol. The highest BCUT2D eigenvalue weighted by Crippen LogP contribution is 2.33. The second-order valence-electron chi connectivity index (χ2n) is 3.79. The second kappa shape index (κ2) is 8.64. The standard InChI is InChI=1S/C12H15BrCl2N2O2/c1-19-4-2-3-16-11(18)7-17-12-9(14)5-8(13)6-10(12)15/h5-6,17H,2-4,7H2,1H3,(H,16,18). The molecular weight excluding hydrogens is 355 g/mol. The lowest BCUT2D eigenvalue weighted by Gasteiger charge is -2.11. The molecule has 0 saturated heterocycles. The summed E-state index contributed by atoms with van der Waals surface area (Å²) in [5.74, 6) is -0.119. The van der Waals surface area contributed by atoms with E-state index in [9.17, 15) is 4.79 Å². The zero-order valence-corrected chi connectivity index (χ0v) is 13.5. The Bertz CT molecular complexity index is 421. The van der Waals surface area contributed by atoms with Crippen LogP contribution in [0.25, 0.3) is 0 Å². The molecule has 1 aromatic rings. The number of methoxy groups -OCH3 is 1. The molecule has 0 radical (unpaired) electrons. The van der Waals surface area contributed by atoms with Crippen LogP contribution in [-0.2, 0) is 9.53 Å². The molecule has 0 aromatic heterocycles. The Morgan fingerprint density at radius 3 is 2.58 bits per heavy atom. The van der Waals surface area contributed by atoms with Gasteiger partial charge >= 0.3 is 0 Å². The third-order valence-corrected chi connectivity index (χ3v) is 3.33. The molecule has 106 valence electrons. The van der Waals surface area contributed by atoms with Gasteiger partial charge < -0.3 is 15.4 Å². The van der Waals surface area contributed by atoms with Crippen LogP contribution in [0.15, 0.2) is 16.6 Å². The molecule has 7 heteroatoms. The molecule has 0 fully saturated rings. The Hall–Kier alpha value is -0.490. The van der Waals surface area contributed by atoms with Crippen molar-refractivity contribution in [1.82, 2.24) is 5.32 Å². The summed E-state index contributed by atoms with van der Waals surface area (Å²) in [5, 5.41) is 6.61. The molecule has 1 rings (SSSR count). The van der Waals surface area contributed by atoms with Gasteiger partial charge in [0.25, 0.3) is 0 Å². The maximum atomic E-state index is 11.6. The molecule has 4 nitrogen and oxygen atoms in total. The van der Waals surface area contributed by atoms with Crippen LogP contribution in [0.3, 0.4) is 0 Å². The van der Waals surface area contributed by atoms with Gasteiger partial charge in [-0.1, -0.05) is 39.1 Å². The van der Waals surface area contributed by atoms with E-state index in [1.54, 1.807) is 19.2 Å². The highest BCUT2D eigenvalue weighted by atomic mass is 79.9. The molecule has 0 atom stereocenters. The predicted octanol–water partition coefficient (Wildman–Crippen LogP) is 3.32. The van der Waals surface area contributed by atoms with Crippen molar-refractivity contribution in [3.8, 4) is 0 Å². The number of rotatable bonds is 7. The SMILES string of the molecule is COCCCNC(=O)CNc1c(Cl)cc(Br)cc1Cl. The fraction of sp³-hybridized carbons (Fsp3) is 0.417. The van der Waals surface area contributed by atoms with Crippen LogP contribution in [0, 0.1) is 0 Å². The van der Waals surface area contributed by atoms with Crippen molar-refractivity contribution in [2.75, 3.05) is 32.1 Å². The highest BCUT2D eigenvalue weighted by molar-refractivity contribution is 9.10. The van der Waals surface area contributed by atoms with Crippen molar-refractivity contribution in [2.24, 2.45) is 0 Å². The average Bonchev–Trinajstić information content (AvgIpc) is 2.33. The first-order valence-electron chi connectivity index (χ1n) is 5.68. The van der Waals surface area contributed by atoms with Crippen molar-refractivity contribution in [2.45, 2.75) is 6.42 Å². The van der Waals surface area contributed by atoms with E-state index >= 15 is 0 Å². The summed E-state index contributed by atoms with van der Waals surface area (Å²) in [5.41, 5.74) is 0.554. The van der Waals surface area contributed by atoms with Crippen molar-refractivity contribution in [3.05, 3.63) is 26.7 Å². The van der Waals surface area contributed by atoms with Crippen molar-refractivity contribution < 1.29 is 9.53 Å². The summed E-state index contributed by atoms with van der Waals surface area (Å²) in [6.07, 6.45) is 0.780. The van der Waals surface area contributed by atoms with Gasteiger partial charge in [-0.05, 0) is 18.6 Å². The monoisotopic (exact) mass is 368 g/mol. The average molecular weight is 370 g/mol. The van der Waals surface area contributed by atoms with Gasteiger partial charge in [-0.15, -0.1) is 0 Å². The van der Waals surface area contributed by atoms with Crippen LogP contribution in [0.4, 0.5) is 5.69 Å². The number of hydrogen-bond donors (Lipinski definition) is 2. The maximum Gasteiger partial charge on any atom is 0.239 e. The third kappa shape index (κ3) is 5.99. The minimum Gasteiger partial charge on any atom is -0.385 e. The van der Waals surface area contributed by atoms with Crippen molar-refractivity contribution >= 4 is 50.7 Å². The van der Waals surface area contributed by atoms with Gasteiger partial charge in [-0.3, -0.25) is 4.79 Å². The molecule has 1 aromatic carbocycles. The van der Waals surface area contributed by atoms with Gasteiger partial charge in [0.2, 0.25) is 5.91 Å². The van der Waals surface area contributed by atoms with E-state index < -0.39 is 0 Å². The smallest absolute Gasteiger partial charge is 0.239 e. The third-order valence-electron chi connectivity index (χ3n) is 2.28. The zero-order chi connectivity index (χ0) is 14.3. The molecule has 0 bridgehead atoms. The molecule has 0 aliphatic heterocycles. The fourth-order valence-electron chi connectivity index (χ4n) is 1.39. The van der Waals surface area contributed by atoms with Crippen molar-refractivity contribution in [3.63, 3.8) is 0 Å². The number of carbonyl (C=O) groups is 1. The van der Waals surface area contributed by atoms with E-state index in [1.165, 1.54) is 0 Å². The highest BCUT2D eigenvalue weighted by Gasteiger charge is 2.08. The number of benzene rings is 1. The van der Waals surface area contributed by atoms with Gasteiger partial charge in [-0.25, -0.2) is 0 Å². The molecule has 0 saturated carbocycles. The fourth-order valence-corrected chi connectivity index (χ4v) is 2.73. The molecule has 0 unspecified atom stereocenters. The van der Waals surface area contributed by atoms with Crippen LogP contribution in [0.2, 0.25) is 10.0 Å². The Morgan fingerprint density at radius 2 is 2.00 bits per heavy atom. The van der Waals surface area contributed by atoms with Crippen LogP contribution in [0.5, 0.6) is 0 Å².